The lowest BCUT2D eigenvalue weighted by molar-refractivity contribution is -0.119. The van der Waals surface area contributed by atoms with Crippen LogP contribution in [0.5, 0.6) is 0 Å². The van der Waals surface area contributed by atoms with Crippen LogP contribution >= 0.6 is 0 Å². The van der Waals surface area contributed by atoms with Gasteiger partial charge >= 0.3 is 0 Å². The number of unbranched alkanes of at least 4 members (excludes halogenated alkanes) is 1. The van der Waals surface area contributed by atoms with Crippen LogP contribution in [0.3, 0.4) is 0 Å². The summed E-state index contributed by atoms with van der Waals surface area (Å²) < 4.78 is 1.99. The van der Waals surface area contributed by atoms with Crippen molar-refractivity contribution in [3.05, 3.63) is 78.2 Å². The van der Waals surface area contributed by atoms with E-state index >= 15 is 0 Å². The molecular formula is C33H43N5O. The third-order valence-electron chi connectivity index (χ3n) is 7.56. The summed E-state index contributed by atoms with van der Waals surface area (Å²) in [5.41, 5.74) is 4.34. The summed E-state index contributed by atoms with van der Waals surface area (Å²) in [4.78, 5) is 26.3. The van der Waals surface area contributed by atoms with Crippen molar-refractivity contribution < 1.29 is 4.79 Å². The van der Waals surface area contributed by atoms with E-state index in [0.29, 0.717) is 24.1 Å². The second-order valence-electron chi connectivity index (χ2n) is 10.7. The Morgan fingerprint density at radius 3 is 2.56 bits per heavy atom. The summed E-state index contributed by atoms with van der Waals surface area (Å²) in [5, 5.41) is 3.40. The monoisotopic (exact) mass is 525 g/mol. The van der Waals surface area contributed by atoms with Gasteiger partial charge in [-0.15, -0.1) is 0 Å². The van der Waals surface area contributed by atoms with Crippen LogP contribution in [0.2, 0.25) is 0 Å². The number of nitrogens with zero attached hydrogens (tertiary/aromatic N) is 4. The molecule has 2 heterocycles. The molecule has 4 rings (SSSR count). The van der Waals surface area contributed by atoms with Gasteiger partial charge in [0, 0.05) is 19.0 Å². The summed E-state index contributed by atoms with van der Waals surface area (Å²) in [6.45, 7) is 6.59. The molecule has 6 heteroatoms. The van der Waals surface area contributed by atoms with Crippen molar-refractivity contribution in [1.82, 2.24) is 19.5 Å². The molecule has 0 amide bonds. The molecule has 39 heavy (non-hydrogen) atoms. The second kappa shape index (κ2) is 14.6. The van der Waals surface area contributed by atoms with Gasteiger partial charge in [0.1, 0.15) is 17.9 Å². The predicted octanol–water partition coefficient (Wildman–Crippen LogP) is 8.27. The number of hydrogen-bond acceptors (Lipinski definition) is 5. The second-order valence-corrected chi connectivity index (χ2v) is 10.7. The van der Waals surface area contributed by atoms with Gasteiger partial charge in [-0.2, -0.15) is 4.98 Å². The highest BCUT2D eigenvalue weighted by Crippen LogP contribution is 2.23. The molecule has 4 aromatic rings. The Balaban J connectivity index is 1.32. The maximum Gasteiger partial charge on any atom is 0.225 e. The summed E-state index contributed by atoms with van der Waals surface area (Å²) in [6, 6.07) is 18.6. The van der Waals surface area contributed by atoms with Crippen molar-refractivity contribution in [2.45, 2.75) is 91.0 Å². The normalized spacial score (nSPS) is 12.9. The molecule has 0 aliphatic heterocycles. The first-order valence-corrected chi connectivity index (χ1v) is 14.7. The lowest BCUT2D eigenvalue weighted by Gasteiger charge is -2.15. The number of aryl methyl sites for hydroxylation is 1. The number of nitrogens with one attached hydrogen (secondary N) is 1. The number of carbonyl (C=O) groups excluding carboxylic acids is 1. The van der Waals surface area contributed by atoms with Gasteiger partial charge in [-0.1, -0.05) is 82.3 Å². The molecule has 1 N–H and O–H groups in total. The number of anilines is 1. The molecule has 0 saturated carbocycles. The molecule has 0 fully saturated rings. The molecule has 0 saturated heterocycles. The molecule has 206 valence electrons. The molecule has 1 unspecified atom stereocenters. The van der Waals surface area contributed by atoms with Crippen molar-refractivity contribution in [2.75, 3.05) is 5.32 Å². The number of hydrogen-bond donors (Lipinski definition) is 1. The molecular weight excluding hydrogens is 482 g/mol. The fraction of sp³-hybridized carbons (Fsp3) is 0.455. The van der Waals surface area contributed by atoms with E-state index in [0.717, 1.165) is 42.5 Å². The maximum absolute atomic E-state index is 12.5. The number of aromatic nitrogens is 4. The fourth-order valence-corrected chi connectivity index (χ4v) is 5.28. The van der Waals surface area contributed by atoms with Crippen molar-refractivity contribution >= 4 is 22.8 Å². The van der Waals surface area contributed by atoms with Gasteiger partial charge in [0.05, 0.1) is 17.1 Å². The molecule has 0 spiro atoms. The summed E-state index contributed by atoms with van der Waals surface area (Å²) in [7, 11) is 0. The first-order chi connectivity index (χ1) is 19.1. The Hall–Kier alpha value is -3.54. The smallest absolute Gasteiger partial charge is 0.225 e. The molecule has 2 aromatic heterocycles. The average molecular weight is 526 g/mol. The summed E-state index contributed by atoms with van der Waals surface area (Å²) in [6.07, 6.45) is 14.1. The number of benzene rings is 2. The van der Waals surface area contributed by atoms with E-state index in [1.54, 1.807) is 6.20 Å². The fourth-order valence-electron chi connectivity index (χ4n) is 5.28. The highest BCUT2D eigenvalue weighted by Gasteiger charge is 2.12. The third-order valence-corrected chi connectivity index (χ3v) is 7.56. The zero-order chi connectivity index (χ0) is 27.5. The van der Waals surface area contributed by atoms with Gasteiger partial charge < -0.3 is 5.32 Å². The van der Waals surface area contributed by atoms with Crippen LogP contribution in [-0.4, -0.2) is 25.3 Å². The van der Waals surface area contributed by atoms with Gasteiger partial charge in [0.15, 0.2) is 0 Å². The van der Waals surface area contributed by atoms with E-state index < -0.39 is 0 Å². The zero-order valence-corrected chi connectivity index (χ0v) is 23.8. The van der Waals surface area contributed by atoms with Gasteiger partial charge in [-0.05, 0) is 61.4 Å². The maximum atomic E-state index is 12.5. The number of fused-ring (bicyclic) bond motifs is 1. The molecule has 2 aromatic carbocycles. The first-order valence-electron chi connectivity index (χ1n) is 14.7. The van der Waals surface area contributed by atoms with Crippen LogP contribution in [0, 0.1) is 5.92 Å². The largest absolute Gasteiger partial charge is 0.348 e. The van der Waals surface area contributed by atoms with Crippen LogP contribution < -0.4 is 5.32 Å². The van der Waals surface area contributed by atoms with Crippen LogP contribution in [0.25, 0.3) is 16.9 Å². The first kappa shape index (κ1) is 28.5. The molecule has 6 nitrogen and oxygen atoms in total. The summed E-state index contributed by atoms with van der Waals surface area (Å²) >= 11 is 0. The minimum Gasteiger partial charge on any atom is -0.348 e. The van der Waals surface area contributed by atoms with Crippen molar-refractivity contribution in [2.24, 2.45) is 5.92 Å². The van der Waals surface area contributed by atoms with Crippen LogP contribution in [0.4, 0.5) is 5.95 Å². The SMILES string of the molecule is CCCCC(CCC)CCC(=O)CCCc1ccc2c(c1)ncn2-c1ccnc(N[C@@H](C)c2ccccc2)n1. The van der Waals surface area contributed by atoms with Gasteiger partial charge in [0.2, 0.25) is 5.95 Å². The van der Waals surface area contributed by atoms with Gasteiger partial charge in [0.25, 0.3) is 0 Å². The van der Waals surface area contributed by atoms with E-state index in [1.165, 1.54) is 43.2 Å². The Morgan fingerprint density at radius 1 is 0.923 bits per heavy atom. The topological polar surface area (TPSA) is 72.7 Å². The van der Waals surface area contributed by atoms with Crippen LogP contribution in [0.15, 0.2) is 67.1 Å². The molecule has 2 atom stereocenters. The minimum absolute atomic E-state index is 0.0919. The Kier molecular flexibility index (Phi) is 10.6. The lowest BCUT2D eigenvalue weighted by Crippen LogP contribution is -2.10. The highest BCUT2D eigenvalue weighted by atomic mass is 16.1. The average Bonchev–Trinajstić information content (AvgIpc) is 3.38. The Bertz CT molecular complexity index is 1320. The number of Topliss-reactive ketones (excluding diaryl/α,β-unsaturated/α-hetero) is 1. The predicted molar refractivity (Wildman–Crippen MR) is 160 cm³/mol. The van der Waals surface area contributed by atoms with E-state index in [1.807, 2.05) is 35.2 Å². The van der Waals surface area contributed by atoms with E-state index in [2.05, 4.69) is 66.4 Å². The zero-order valence-electron chi connectivity index (χ0n) is 23.8. The molecule has 0 bridgehead atoms. The number of imidazole rings is 1. The van der Waals surface area contributed by atoms with E-state index in [4.69, 9.17) is 4.98 Å². The van der Waals surface area contributed by atoms with E-state index in [9.17, 15) is 4.79 Å². The van der Waals surface area contributed by atoms with Crippen LogP contribution in [-0.2, 0) is 11.2 Å². The Labute approximate surface area is 233 Å². The third kappa shape index (κ3) is 8.22. The highest BCUT2D eigenvalue weighted by molar-refractivity contribution is 5.79. The number of rotatable bonds is 16. The Morgan fingerprint density at radius 2 is 1.77 bits per heavy atom. The van der Waals surface area contributed by atoms with E-state index in [-0.39, 0.29) is 6.04 Å². The molecule has 0 radical (unpaired) electrons. The van der Waals surface area contributed by atoms with Gasteiger partial charge in [-0.3, -0.25) is 9.36 Å². The minimum atomic E-state index is 0.0919. The molecule has 0 aliphatic carbocycles. The van der Waals surface area contributed by atoms with Crippen molar-refractivity contribution in [3.8, 4) is 5.82 Å². The van der Waals surface area contributed by atoms with Gasteiger partial charge in [-0.25, -0.2) is 9.97 Å². The van der Waals surface area contributed by atoms with Crippen molar-refractivity contribution in [3.63, 3.8) is 0 Å². The lowest BCUT2D eigenvalue weighted by atomic mass is 9.91. The number of carbonyl (C=O) groups is 1. The van der Waals surface area contributed by atoms with Crippen molar-refractivity contribution in [1.29, 1.82) is 0 Å². The number of ketones is 1. The standard InChI is InChI=1S/C33H43N5O/c1-4-6-12-26(11-5-2)17-19-29(39)16-10-13-27-18-20-31-30(23-27)35-24-38(31)32-21-22-34-33(37-32)36-25(3)28-14-8-7-9-15-28/h7-9,14-15,18,20-26H,4-6,10-13,16-17,19H2,1-3H3,(H,34,36,37)/t25-,26?/m0/s1. The summed E-state index contributed by atoms with van der Waals surface area (Å²) in [5.74, 6) is 2.48. The van der Waals surface area contributed by atoms with Crippen LogP contribution in [0.1, 0.15) is 95.7 Å². The molecule has 0 aliphatic rings. The quantitative estimate of drug-likeness (QED) is 0.159.